The molecule has 0 spiro atoms. The van der Waals surface area contributed by atoms with E-state index in [1.54, 1.807) is 4.90 Å². The smallest absolute Gasteiger partial charge is 0.277 e. The number of nitrogens with one attached hydrogen (secondary N) is 1. The lowest BCUT2D eigenvalue weighted by Crippen LogP contribution is -3.06. The molecule has 0 fully saturated rings. The number of aromatic nitrogens is 2. The highest BCUT2D eigenvalue weighted by Gasteiger charge is 2.23. The molecule has 1 aromatic carbocycles. The minimum absolute atomic E-state index is 0.0266. The molecule has 0 bridgehead atoms. The van der Waals surface area contributed by atoms with Gasteiger partial charge in [0.1, 0.15) is 0 Å². The largest absolute Gasteiger partial charge is 0.410 e. The monoisotopic (exact) mass is 349 g/mol. The van der Waals surface area contributed by atoms with E-state index in [2.05, 4.69) is 31.2 Å². The van der Waals surface area contributed by atoms with Gasteiger partial charge in [-0.05, 0) is 19.1 Å². The third-order valence-electron chi connectivity index (χ3n) is 3.83. The van der Waals surface area contributed by atoms with Crippen molar-refractivity contribution in [1.29, 1.82) is 0 Å². The van der Waals surface area contributed by atoms with Gasteiger partial charge in [0.15, 0.2) is 6.04 Å². The number of quaternary nitrogens is 1. The zero-order valence-corrected chi connectivity index (χ0v) is 15.5. The van der Waals surface area contributed by atoms with Crippen LogP contribution in [0.25, 0.3) is 0 Å². The topological polar surface area (TPSA) is 63.7 Å². The van der Waals surface area contributed by atoms with Crippen LogP contribution in [0.2, 0.25) is 0 Å². The van der Waals surface area contributed by atoms with E-state index in [-0.39, 0.29) is 17.7 Å². The van der Waals surface area contributed by atoms with Gasteiger partial charge in [-0.1, -0.05) is 36.9 Å². The van der Waals surface area contributed by atoms with E-state index in [4.69, 9.17) is 4.42 Å². The molecule has 1 heterocycles. The van der Waals surface area contributed by atoms with Crippen LogP contribution in [-0.2, 0) is 4.79 Å². The van der Waals surface area contributed by atoms with E-state index in [1.165, 1.54) is 16.7 Å². The summed E-state index contributed by atoms with van der Waals surface area (Å²) in [6.07, 6.45) is 0.922. The summed E-state index contributed by atoms with van der Waals surface area (Å²) in [6, 6.07) is 9.84. The maximum absolute atomic E-state index is 12.5. The Morgan fingerprint density at radius 3 is 2.54 bits per heavy atom. The predicted molar refractivity (Wildman–Crippen MR) is 95.3 cm³/mol. The summed E-state index contributed by atoms with van der Waals surface area (Å²) in [5.41, 5.74) is 0.902. The number of benzene rings is 1. The summed E-state index contributed by atoms with van der Waals surface area (Å²) >= 11 is 1.29. The van der Waals surface area contributed by atoms with Gasteiger partial charge in [-0.2, -0.15) is 0 Å². The van der Waals surface area contributed by atoms with Gasteiger partial charge in [0.05, 0.1) is 19.8 Å². The summed E-state index contributed by atoms with van der Waals surface area (Å²) in [6.45, 7) is 4.68. The Balaban J connectivity index is 1.98. The molecule has 0 aliphatic rings. The number of nitrogens with zero attached hydrogens (tertiary/aromatic N) is 3. The predicted octanol–water partition coefficient (Wildman–Crippen LogP) is 1.81. The first kappa shape index (κ1) is 18.5. The van der Waals surface area contributed by atoms with E-state index in [1.807, 2.05) is 37.3 Å². The first-order valence-electron chi connectivity index (χ1n) is 8.18. The molecular weight excluding hydrogens is 324 g/mol. The van der Waals surface area contributed by atoms with E-state index in [0.717, 1.165) is 12.1 Å². The van der Waals surface area contributed by atoms with Crippen molar-refractivity contribution in [2.75, 3.05) is 31.3 Å². The highest BCUT2D eigenvalue weighted by atomic mass is 32.2. The Bertz CT molecular complexity index is 645. The van der Waals surface area contributed by atoms with Gasteiger partial charge < -0.3 is 14.2 Å². The number of thioether (sulfide) groups is 1. The van der Waals surface area contributed by atoms with Crippen LogP contribution in [0.1, 0.15) is 32.2 Å². The summed E-state index contributed by atoms with van der Waals surface area (Å²) in [4.78, 5) is 15.5. The van der Waals surface area contributed by atoms with Crippen molar-refractivity contribution in [3.05, 3.63) is 36.2 Å². The van der Waals surface area contributed by atoms with Gasteiger partial charge in [-0.25, -0.2) is 0 Å². The van der Waals surface area contributed by atoms with E-state index in [9.17, 15) is 4.79 Å². The van der Waals surface area contributed by atoms with Crippen LogP contribution >= 0.6 is 11.8 Å². The van der Waals surface area contributed by atoms with Gasteiger partial charge in [-0.3, -0.25) is 4.79 Å². The van der Waals surface area contributed by atoms with E-state index < -0.39 is 0 Å². The number of anilines is 1. The Morgan fingerprint density at radius 1 is 1.25 bits per heavy atom. The quantitative estimate of drug-likeness (QED) is 0.737. The zero-order valence-electron chi connectivity index (χ0n) is 14.7. The third-order valence-corrected chi connectivity index (χ3v) is 4.63. The number of carbonyl (C=O) groups excluding carboxylic acids is 1. The van der Waals surface area contributed by atoms with Crippen molar-refractivity contribution in [1.82, 2.24) is 10.2 Å². The molecule has 0 aliphatic carbocycles. The first-order chi connectivity index (χ1) is 11.6. The molecule has 0 saturated carbocycles. The van der Waals surface area contributed by atoms with Gasteiger partial charge in [0, 0.05) is 18.7 Å². The normalized spacial score (nSPS) is 12.4. The minimum atomic E-state index is 0.0266. The third kappa shape index (κ3) is 4.58. The fraction of sp³-hybridized carbons (Fsp3) is 0.471. The standard InChI is InChI=1S/C17H24N4O2S/c1-5-14(20(3)4)16-18-19-17(23-16)24-12-15(22)21(6-2)13-10-8-7-9-11-13/h7-11,14H,5-6,12H2,1-4H3/p+1/t14-/m1/s1. The fourth-order valence-electron chi connectivity index (χ4n) is 2.56. The molecule has 130 valence electrons. The van der Waals surface area contributed by atoms with Gasteiger partial charge in [0.25, 0.3) is 11.1 Å². The Labute approximate surface area is 147 Å². The van der Waals surface area contributed by atoms with Gasteiger partial charge >= 0.3 is 0 Å². The lowest BCUT2D eigenvalue weighted by atomic mass is 10.2. The van der Waals surface area contributed by atoms with E-state index in [0.29, 0.717) is 17.7 Å². The van der Waals surface area contributed by atoms with Crippen molar-refractivity contribution in [3.63, 3.8) is 0 Å². The van der Waals surface area contributed by atoms with Crippen LogP contribution in [0.5, 0.6) is 0 Å². The molecule has 1 aromatic heterocycles. The average molecular weight is 349 g/mol. The lowest BCUT2D eigenvalue weighted by molar-refractivity contribution is -0.894. The summed E-state index contributed by atoms with van der Waals surface area (Å²) in [5.74, 6) is 0.928. The van der Waals surface area contributed by atoms with Gasteiger partial charge in [0.2, 0.25) is 5.91 Å². The Kier molecular flexibility index (Phi) is 6.81. The maximum Gasteiger partial charge on any atom is 0.277 e. The molecule has 24 heavy (non-hydrogen) atoms. The summed E-state index contributed by atoms with van der Waals surface area (Å²) in [5, 5.41) is 8.63. The second-order valence-corrected chi connectivity index (χ2v) is 6.63. The molecular formula is C17H25N4O2S+. The molecule has 2 rings (SSSR count). The molecule has 0 aliphatic heterocycles. The second kappa shape index (κ2) is 8.84. The average Bonchev–Trinajstić information content (AvgIpc) is 3.03. The van der Waals surface area contributed by atoms with Crippen molar-refractivity contribution in [3.8, 4) is 0 Å². The van der Waals surface area contributed by atoms with Crippen LogP contribution in [0, 0.1) is 0 Å². The SMILES string of the molecule is CC[C@H](c1nnc(SCC(=O)N(CC)c2ccccc2)o1)[NH+](C)C. The zero-order chi connectivity index (χ0) is 17.5. The maximum atomic E-state index is 12.5. The number of para-hydroxylation sites is 1. The molecule has 0 unspecified atom stereocenters. The first-order valence-corrected chi connectivity index (χ1v) is 9.17. The fourth-order valence-corrected chi connectivity index (χ4v) is 3.21. The van der Waals surface area contributed by atoms with Crippen LogP contribution in [0.3, 0.4) is 0 Å². The number of hydrogen-bond acceptors (Lipinski definition) is 5. The van der Waals surface area contributed by atoms with Crippen molar-refractivity contribution < 1.29 is 14.1 Å². The molecule has 7 heteroatoms. The lowest BCUT2D eigenvalue weighted by Gasteiger charge is -2.20. The van der Waals surface area contributed by atoms with Crippen molar-refractivity contribution in [2.24, 2.45) is 0 Å². The minimum Gasteiger partial charge on any atom is -0.410 e. The summed E-state index contributed by atoms with van der Waals surface area (Å²) in [7, 11) is 4.13. The highest BCUT2D eigenvalue weighted by Crippen LogP contribution is 2.21. The number of carbonyl (C=O) groups is 1. The van der Waals surface area contributed by atoms with Crippen LogP contribution in [0.15, 0.2) is 40.0 Å². The van der Waals surface area contributed by atoms with Gasteiger partial charge in [-0.15, -0.1) is 10.2 Å². The molecule has 6 nitrogen and oxygen atoms in total. The summed E-state index contributed by atoms with van der Waals surface area (Å²) < 4.78 is 5.72. The molecule has 2 aromatic rings. The van der Waals surface area contributed by atoms with Crippen LogP contribution in [0.4, 0.5) is 5.69 Å². The molecule has 0 saturated heterocycles. The molecule has 1 amide bonds. The van der Waals surface area contributed by atoms with E-state index >= 15 is 0 Å². The second-order valence-electron chi connectivity index (χ2n) is 5.71. The highest BCUT2D eigenvalue weighted by molar-refractivity contribution is 7.99. The molecule has 1 N–H and O–H groups in total. The molecule has 1 atom stereocenters. The van der Waals surface area contributed by atoms with Crippen LogP contribution < -0.4 is 9.80 Å². The van der Waals surface area contributed by atoms with Crippen LogP contribution in [-0.4, -0.2) is 42.5 Å². The Hall–Kier alpha value is -1.86. The van der Waals surface area contributed by atoms with Crippen molar-refractivity contribution in [2.45, 2.75) is 31.5 Å². The number of amides is 1. The Morgan fingerprint density at radius 2 is 1.96 bits per heavy atom. The molecule has 0 radical (unpaired) electrons. The van der Waals surface area contributed by atoms with Crippen molar-refractivity contribution >= 4 is 23.4 Å². The number of hydrogen-bond donors (Lipinski definition) is 1. The number of rotatable bonds is 8.